The summed E-state index contributed by atoms with van der Waals surface area (Å²) in [6.07, 6.45) is 3.61. The standard InChI is InChI=1S/C13H19N5O2S/c1-10(9-18-7-3-6-16-18)17-11-4-5-13(12(14)8-11)21(19,20)15-2/h3-8,10,15,17H,9,14H2,1-2H3. The number of hydrogen-bond donors (Lipinski definition) is 3. The van der Waals surface area contributed by atoms with Crippen LogP contribution in [0.2, 0.25) is 0 Å². The van der Waals surface area contributed by atoms with Gasteiger partial charge in [-0.3, -0.25) is 4.68 Å². The number of anilines is 2. The van der Waals surface area contributed by atoms with Crippen molar-refractivity contribution in [1.82, 2.24) is 14.5 Å². The number of rotatable bonds is 6. The average Bonchev–Trinajstić information content (AvgIpc) is 2.91. The number of nitrogens with zero attached hydrogens (tertiary/aromatic N) is 2. The van der Waals surface area contributed by atoms with Gasteiger partial charge in [0, 0.05) is 24.1 Å². The third-order valence-corrected chi connectivity index (χ3v) is 4.49. The van der Waals surface area contributed by atoms with Crippen molar-refractivity contribution in [3.8, 4) is 0 Å². The summed E-state index contributed by atoms with van der Waals surface area (Å²) in [4.78, 5) is 0.0790. The van der Waals surface area contributed by atoms with Crippen molar-refractivity contribution in [2.24, 2.45) is 0 Å². The maximum Gasteiger partial charge on any atom is 0.242 e. The molecule has 114 valence electrons. The lowest BCUT2D eigenvalue weighted by atomic mass is 10.2. The first-order valence-corrected chi connectivity index (χ1v) is 7.98. The van der Waals surface area contributed by atoms with Crippen molar-refractivity contribution in [2.45, 2.75) is 24.4 Å². The van der Waals surface area contributed by atoms with Gasteiger partial charge in [-0.25, -0.2) is 13.1 Å². The molecule has 1 atom stereocenters. The zero-order valence-corrected chi connectivity index (χ0v) is 12.8. The zero-order valence-electron chi connectivity index (χ0n) is 11.9. The molecule has 7 nitrogen and oxygen atoms in total. The number of sulfonamides is 1. The molecule has 1 aromatic heterocycles. The van der Waals surface area contributed by atoms with Crippen LogP contribution in [0.15, 0.2) is 41.6 Å². The lowest BCUT2D eigenvalue weighted by Gasteiger charge is -2.16. The first kappa shape index (κ1) is 15.3. The minimum atomic E-state index is -3.53. The first-order valence-electron chi connectivity index (χ1n) is 6.49. The minimum absolute atomic E-state index is 0.0790. The van der Waals surface area contributed by atoms with Crippen molar-refractivity contribution in [3.05, 3.63) is 36.7 Å². The van der Waals surface area contributed by atoms with Gasteiger partial charge in [-0.1, -0.05) is 0 Å². The number of nitrogens with two attached hydrogens (primary N) is 1. The molecular weight excluding hydrogens is 290 g/mol. The van der Waals surface area contributed by atoms with Gasteiger partial charge in [0.1, 0.15) is 4.90 Å². The van der Waals surface area contributed by atoms with E-state index >= 15 is 0 Å². The van der Waals surface area contributed by atoms with Gasteiger partial charge in [0.05, 0.1) is 12.2 Å². The molecule has 0 saturated heterocycles. The largest absolute Gasteiger partial charge is 0.398 e. The zero-order chi connectivity index (χ0) is 15.5. The number of aromatic nitrogens is 2. The Labute approximate surface area is 124 Å². The predicted octanol–water partition coefficient (Wildman–Crippen LogP) is 0.874. The summed E-state index contributed by atoms with van der Waals surface area (Å²) in [5, 5.41) is 7.40. The summed E-state index contributed by atoms with van der Waals surface area (Å²) in [6.45, 7) is 2.71. The van der Waals surface area contributed by atoms with Crippen LogP contribution in [0.4, 0.5) is 11.4 Å². The van der Waals surface area contributed by atoms with E-state index in [9.17, 15) is 8.42 Å². The second-order valence-corrected chi connectivity index (χ2v) is 6.59. The highest BCUT2D eigenvalue weighted by Gasteiger charge is 2.15. The van der Waals surface area contributed by atoms with Crippen molar-refractivity contribution < 1.29 is 8.42 Å². The van der Waals surface area contributed by atoms with Gasteiger partial charge >= 0.3 is 0 Å². The fourth-order valence-electron chi connectivity index (χ4n) is 2.01. The summed E-state index contributed by atoms with van der Waals surface area (Å²) >= 11 is 0. The number of hydrogen-bond acceptors (Lipinski definition) is 5. The SMILES string of the molecule is CNS(=O)(=O)c1ccc(NC(C)Cn2cccn2)cc1N. The van der Waals surface area contributed by atoms with Gasteiger partial charge < -0.3 is 11.1 Å². The van der Waals surface area contributed by atoms with E-state index in [2.05, 4.69) is 15.1 Å². The van der Waals surface area contributed by atoms with Gasteiger partial charge in [0.15, 0.2) is 0 Å². The second kappa shape index (κ2) is 6.15. The molecule has 0 aliphatic heterocycles. The van der Waals surface area contributed by atoms with E-state index < -0.39 is 10.0 Å². The molecule has 2 aromatic rings. The molecule has 0 aliphatic rings. The minimum Gasteiger partial charge on any atom is -0.398 e. The van der Waals surface area contributed by atoms with Crippen molar-refractivity contribution in [1.29, 1.82) is 0 Å². The molecule has 0 saturated carbocycles. The molecule has 0 aliphatic carbocycles. The van der Waals surface area contributed by atoms with Crippen LogP contribution in [0.25, 0.3) is 0 Å². The van der Waals surface area contributed by atoms with Gasteiger partial charge in [0.25, 0.3) is 0 Å². The molecule has 2 rings (SSSR count). The molecular formula is C13H19N5O2S. The molecule has 1 heterocycles. The summed E-state index contributed by atoms with van der Waals surface area (Å²) < 4.78 is 27.6. The van der Waals surface area contributed by atoms with Gasteiger partial charge in [-0.05, 0) is 38.2 Å². The maximum absolute atomic E-state index is 11.7. The molecule has 21 heavy (non-hydrogen) atoms. The summed E-state index contributed by atoms with van der Waals surface area (Å²) in [5.74, 6) is 0. The van der Waals surface area contributed by atoms with Crippen LogP contribution in [0.1, 0.15) is 6.92 Å². The molecule has 0 radical (unpaired) electrons. The van der Waals surface area contributed by atoms with Crippen LogP contribution in [0.3, 0.4) is 0 Å². The molecule has 1 aromatic carbocycles. The third kappa shape index (κ3) is 3.73. The molecule has 8 heteroatoms. The second-order valence-electron chi connectivity index (χ2n) is 4.73. The molecule has 1 unspecified atom stereocenters. The summed E-state index contributed by atoms with van der Waals surface area (Å²) in [6, 6.07) is 6.78. The molecule has 0 spiro atoms. The summed E-state index contributed by atoms with van der Waals surface area (Å²) in [7, 11) is -2.18. The Bertz CT molecular complexity index is 697. The van der Waals surface area contributed by atoms with Crippen molar-refractivity contribution >= 4 is 21.4 Å². The van der Waals surface area contributed by atoms with Crippen LogP contribution in [-0.4, -0.2) is 31.3 Å². The van der Waals surface area contributed by atoms with Gasteiger partial charge in [0.2, 0.25) is 10.0 Å². The smallest absolute Gasteiger partial charge is 0.242 e. The maximum atomic E-state index is 11.7. The normalized spacial score (nSPS) is 13.0. The fourth-order valence-corrected chi connectivity index (χ4v) is 2.85. The van der Waals surface area contributed by atoms with E-state index in [1.807, 2.05) is 23.9 Å². The Morgan fingerprint density at radius 2 is 2.19 bits per heavy atom. The first-order chi connectivity index (χ1) is 9.92. The lowest BCUT2D eigenvalue weighted by molar-refractivity contribution is 0.561. The van der Waals surface area contributed by atoms with Gasteiger partial charge in [-0.2, -0.15) is 5.10 Å². The van der Waals surface area contributed by atoms with E-state index in [1.54, 1.807) is 18.3 Å². The molecule has 0 amide bonds. The highest BCUT2D eigenvalue weighted by Crippen LogP contribution is 2.22. The Morgan fingerprint density at radius 3 is 2.76 bits per heavy atom. The van der Waals surface area contributed by atoms with E-state index in [1.165, 1.54) is 13.1 Å². The highest BCUT2D eigenvalue weighted by atomic mass is 32.2. The van der Waals surface area contributed by atoms with Crippen LogP contribution in [0, 0.1) is 0 Å². The van der Waals surface area contributed by atoms with Crippen LogP contribution in [-0.2, 0) is 16.6 Å². The monoisotopic (exact) mass is 309 g/mol. The van der Waals surface area contributed by atoms with Crippen LogP contribution < -0.4 is 15.8 Å². The molecule has 0 bridgehead atoms. The molecule has 0 fully saturated rings. The Kier molecular flexibility index (Phi) is 4.49. The average molecular weight is 309 g/mol. The Balaban J connectivity index is 2.10. The van der Waals surface area contributed by atoms with E-state index in [0.29, 0.717) is 6.54 Å². The summed E-state index contributed by atoms with van der Waals surface area (Å²) in [5.41, 5.74) is 6.79. The van der Waals surface area contributed by atoms with Crippen LogP contribution in [0.5, 0.6) is 0 Å². The predicted molar refractivity (Wildman–Crippen MR) is 82.4 cm³/mol. The molecule has 4 N–H and O–H groups in total. The van der Waals surface area contributed by atoms with E-state index in [4.69, 9.17) is 5.73 Å². The fraction of sp³-hybridized carbons (Fsp3) is 0.308. The van der Waals surface area contributed by atoms with Crippen molar-refractivity contribution in [2.75, 3.05) is 18.1 Å². The third-order valence-electron chi connectivity index (χ3n) is 3.00. The number of nitrogen functional groups attached to an aromatic ring is 1. The lowest BCUT2D eigenvalue weighted by Crippen LogP contribution is -2.23. The topological polar surface area (TPSA) is 102 Å². The number of nitrogens with one attached hydrogen (secondary N) is 2. The Hall–Kier alpha value is -2.06. The van der Waals surface area contributed by atoms with Gasteiger partial charge in [-0.15, -0.1) is 0 Å². The van der Waals surface area contributed by atoms with Crippen LogP contribution >= 0.6 is 0 Å². The highest BCUT2D eigenvalue weighted by molar-refractivity contribution is 7.89. The van der Waals surface area contributed by atoms with E-state index in [-0.39, 0.29) is 16.6 Å². The van der Waals surface area contributed by atoms with E-state index in [0.717, 1.165) is 5.69 Å². The number of benzene rings is 1. The quantitative estimate of drug-likeness (QED) is 0.687. The van der Waals surface area contributed by atoms with Crippen molar-refractivity contribution in [3.63, 3.8) is 0 Å². The Morgan fingerprint density at radius 1 is 1.43 bits per heavy atom.